The summed E-state index contributed by atoms with van der Waals surface area (Å²) in [5.74, 6) is 0. The molecule has 25 heavy (non-hydrogen) atoms. The SMILES string of the molecule is CC(C)(C)OC(=O)NC1(CNS(=O)(=O)c2cccs2)CCCCCC1. The Morgan fingerprint density at radius 2 is 1.88 bits per heavy atom. The van der Waals surface area contributed by atoms with E-state index in [1.165, 1.54) is 11.3 Å². The zero-order valence-corrected chi connectivity index (χ0v) is 16.8. The van der Waals surface area contributed by atoms with Crippen molar-refractivity contribution in [3.63, 3.8) is 0 Å². The lowest BCUT2D eigenvalue weighted by Crippen LogP contribution is -2.56. The summed E-state index contributed by atoms with van der Waals surface area (Å²) in [6.07, 6.45) is 5.07. The maximum Gasteiger partial charge on any atom is 0.408 e. The van der Waals surface area contributed by atoms with E-state index in [4.69, 9.17) is 4.74 Å². The van der Waals surface area contributed by atoms with Gasteiger partial charge in [0, 0.05) is 6.54 Å². The fourth-order valence-corrected chi connectivity index (χ4v) is 5.16. The maximum atomic E-state index is 12.4. The van der Waals surface area contributed by atoms with Crippen LogP contribution in [0.3, 0.4) is 0 Å². The van der Waals surface area contributed by atoms with Gasteiger partial charge in [-0.15, -0.1) is 11.3 Å². The topological polar surface area (TPSA) is 84.5 Å². The summed E-state index contributed by atoms with van der Waals surface area (Å²) >= 11 is 1.18. The van der Waals surface area contributed by atoms with Crippen molar-refractivity contribution in [3.8, 4) is 0 Å². The molecule has 0 radical (unpaired) electrons. The molecule has 8 heteroatoms. The van der Waals surface area contributed by atoms with Gasteiger partial charge < -0.3 is 10.1 Å². The molecule has 1 saturated carbocycles. The molecule has 6 nitrogen and oxygen atoms in total. The molecule has 0 bridgehead atoms. The third kappa shape index (κ3) is 6.27. The average molecular weight is 389 g/mol. The van der Waals surface area contributed by atoms with Crippen molar-refractivity contribution < 1.29 is 17.9 Å². The predicted octanol–water partition coefficient (Wildman–Crippen LogP) is 3.64. The second-order valence-electron chi connectivity index (χ2n) is 7.58. The van der Waals surface area contributed by atoms with Crippen LogP contribution in [0.15, 0.2) is 21.7 Å². The van der Waals surface area contributed by atoms with E-state index in [0.717, 1.165) is 38.5 Å². The second-order valence-corrected chi connectivity index (χ2v) is 10.5. The van der Waals surface area contributed by atoms with Gasteiger partial charge in [0.25, 0.3) is 0 Å². The van der Waals surface area contributed by atoms with E-state index in [-0.39, 0.29) is 10.8 Å². The highest BCUT2D eigenvalue weighted by molar-refractivity contribution is 7.91. The van der Waals surface area contributed by atoms with Crippen molar-refractivity contribution in [3.05, 3.63) is 17.5 Å². The molecule has 2 N–H and O–H groups in total. The lowest BCUT2D eigenvalue weighted by atomic mass is 9.90. The number of carbonyl (C=O) groups excluding carboxylic acids is 1. The lowest BCUT2D eigenvalue weighted by molar-refractivity contribution is 0.0444. The Morgan fingerprint density at radius 3 is 2.40 bits per heavy atom. The van der Waals surface area contributed by atoms with E-state index in [1.807, 2.05) is 20.8 Å². The Kier molecular flexibility index (Phi) is 6.51. The van der Waals surface area contributed by atoms with E-state index >= 15 is 0 Å². The second kappa shape index (κ2) is 8.05. The van der Waals surface area contributed by atoms with Gasteiger partial charge in [-0.1, -0.05) is 31.7 Å². The molecule has 0 unspecified atom stereocenters. The van der Waals surface area contributed by atoms with E-state index in [2.05, 4.69) is 10.0 Å². The molecule has 1 aromatic rings. The first-order valence-electron chi connectivity index (χ1n) is 8.66. The highest BCUT2D eigenvalue weighted by Crippen LogP contribution is 2.28. The highest BCUT2D eigenvalue weighted by atomic mass is 32.2. The zero-order chi connectivity index (χ0) is 18.6. The largest absolute Gasteiger partial charge is 0.444 e. The number of hydrogen-bond acceptors (Lipinski definition) is 5. The van der Waals surface area contributed by atoms with Gasteiger partial charge in [-0.25, -0.2) is 17.9 Å². The molecule has 1 aliphatic carbocycles. The van der Waals surface area contributed by atoms with Crippen LogP contribution in [0.4, 0.5) is 4.79 Å². The quantitative estimate of drug-likeness (QED) is 0.754. The van der Waals surface area contributed by atoms with Gasteiger partial charge in [-0.3, -0.25) is 0 Å². The first-order valence-corrected chi connectivity index (χ1v) is 11.0. The molecular weight excluding hydrogens is 360 g/mol. The number of ether oxygens (including phenoxy) is 1. The van der Waals surface area contributed by atoms with Crippen LogP contribution in [-0.2, 0) is 14.8 Å². The normalized spacial score (nSPS) is 18.4. The van der Waals surface area contributed by atoms with Crippen molar-refractivity contribution >= 4 is 27.5 Å². The monoisotopic (exact) mass is 388 g/mol. The number of thiophene rings is 1. The molecule has 0 aliphatic heterocycles. The molecule has 1 amide bonds. The smallest absolute Gasteiger partial charge is 0.408 e. The van der Waals surface area contributed by atoms with E-state index < -0.39 is 27.3 Å². The molecule has 1 aliphatic rings. The van der Waals surface area contributed by atoms with E-state index in [9.17, 15) is 13.2 Å². The molecule has 0 spiro atoms. The van der Waals surface area contributed by atoms with Crippen LogP contribution < -0.4 is 10.0 Å². The number of sulfonamides is 1. The molecule has 142 valence electrons. The third-order valence-corrected chi connectivity index (χ3v) is 6.99. The molecule has 0 saturated heterocycles. The van der Waals surface area contributed by atoms with Gasteiger partial charge in [-0.05, 0) is 45.1 Å². The van der Waals surface area contributed by atoms with Crippen molar-refractivity contribution in [1.29, 1.82) is 0 Å². The molecule has 0 aromatic carbocycles. The van der Waals surface area contributed by atoms with Gasteiger partial charge in [0.15, 0.2) is 0 Å². The number of carbonyl (C=O) groups is 1. The van der Waals surface area contributed by atoms with Crippen LogP contribution in [0.25, 0.3) is 0 Å². The fraction of sp³-hybridized carbons (Fsp3) is 0.706. The summed E-state index contributed by atoms with van der Waals surface area (Å²) in [7, 11) is -3.56. The summed E-state index contributed by atoms with van der Waals surface area (Å²) < 4.78 is 33.2. The average Bonchev–Trinajstić information content (AvgIpc) is 2.93. The standard InChI is InChI=1S/C17H28N2O4S2/c1-16(2,3)23-15(20)19-17(10-6-4-5-7-11-17)13-18-25(21,22)14-9-8-12-24-14/h8-9,12,18H,4-7,10-11,13H2,1-3H3,(H,19,20). The fourth-order valence-electron chi connectivity index (χ4n) is 2.99. The Morgan fingerprint density at radius 1 is 1.24 bits per heavy atom. The first-order chi connectivity index (χ1) is 11.6. The third-order valence-electron chi connectivity index (χ3n) is 4.19. The van der Waals surface area contributed by atoms with Crippen LogP contribution >= 0.6 is 11.3 Å². The van der Waals surface area contributed by atoms with Crippen LogP contribution in [0, 0.1) is 0 Å². The number of nitrogens with one attached hydrogen (secondary N) is 2. The van der Waals surface area contributed by atoms with Gasteiger partial charge in [0.1, 0.15) is 9.81 Å². The number of alkyl carbamates (subject to hydrolysis) is 1. The molecular formula is C17H28N2O4S2. The van der Waals surface area contributed by atoms with Crippen LogP contribution in [-0.4, -0.2) is 32.2 Å². The molecule has 2 rings (SSSR count). The molecule has 0 atom stereocenters. The van der Waals surface area contributed by atoms with Gasteiger partial charge in [-0.2, -0.15) is 0 Å². The van der Waals surface area contributed by atoms with Crippen LogP contribution in [0.1, 0.15) is 59.3 Å². The first kappa shape index (κ1) is 20.2. The van der Waals surface area contributed by atoms with Crippen molar-refractivity contribution in [1.82, 2.24) is 10.0 Å². The lowest BCUT2D eigenvalue weighted by Gasteiger charge is -2.34. The Bertz CT molecular complexity index is 655. The van der Waals surface area contributed by atoms with E-state index in [1.54, 1.807) is 17.5 Å². The predicted molar refractivity (Wildman–Crippen MR) is 99.3 cm³/mol. The van der Waals surface area contributed by atoms with Gasteiger partial charge >= 0.3 is 6.09 Å². The maximum absolute atomic E-state index is 12.4. The summed E-state index contributed by atoms with van der Waals surface area (Å²) in [5.41, 5.74) is -1.20. The Labute approximate surface area is 154 Å². The summed E-state index contributed by atoms with van der Waals surface area (Å²) in [6.45, 7) is 5.61. The Balaban J connectivity index is 2.11. The number of hydrogen-bond donors (Lipinski definition) is 2. The van der Waals surface area contributed by atoms with Crippen molar-refractivity contribution in [2.24, 2.45) is 0 Å². The van der Waals surface area contributed by atoms with Crippen LogP contribution in [0.2, 0.25) is 0 Å². The summed E-state index contributed by atoms with van der Waals surface area (Å²) in [5, 5.41) is 4.69. The Hall–Kier alpha value is -1.12. The molecule has 1 aromatic heterocycles. The van der Waals surface area contributed by atoms with Crippen molar-refractivity contribution in [2.45, 2.75) is 74.6 Å². The summed E-state index contributed by atoms with van der Waals surface area (Å²) in [6, 6.07) is 3.29. The van der Waals surface area contributed by atoms with Gasteiger partial charge in [0.2, 0.25) is 10.0 Å². The van der Waals surface area contributed by atoms with Crippen LogP contribution in [0.5, 0.6) is 0 Å². The summed E-state index contributed by atoms with van der Waals surface area (Å²) in [4.78, 5) is 12.3. The minimum atomic E-state index is -3.56. The number of amides is 1. The minimum Gasteiger partial charge on any atom is -0.444 e. The molecule has 1 fully saturated rings. The zero-order valence-electron chi connectivity index (χ0n) is 15.1. The minimum absolute atomic E-state index is 0.173. The number of rotatable bonds is 5. The highest BCUT2D eigenvalue weighted by Gasteiger charge is 2.35. The van der Waals surface area contributed by atoms with Gasteiger partial charge in [0.05, 0.1) is 5.54 Å². The van der Waals surface area contributed by atoms with E-state index in [0.29, 0.717) is 0 Å². The molecule has 1 heterocycles. The van der Waals surface area contributed by atoms with Crippen molar-refractivity contribution in [2.75, 3.05) is 6.54 Å².